The first-order chi connectivity index (χ1) is 12.8. The van der Waals surface area contributed by atoms with Gasteiger partial charge in [0.2, 0.25) is 0 Å². The van der Waals surface area contributed by atoms with Gasteiger partial charge in [-0.25, -0.2) is 4.39 Å². The smallest absolute Gasteiger partial charge is 0.256 e. The number of aromatic nitrogens is 1. The van der Waals surface area contributed by atoms with Gasteiger partial charge in [-0.1, -0.05) is 0 Å². The molecule has 0 unspecified atom stereocenters. The lowest BCUT2D eigenvalue weighted by Crippen LogP contribution is -2.20. The van der Waals surface area contributed by atoms with Gasteiger partial charge in [-0.3, -0.25) is 14.6 Å². The Hall–Kier alpha value is -3.48. The van der Waals surface area contributed by atoms with Gasteiger partial charge < -0.3 is 15.8 Å². The Labute approximate surface area is 155 Å². The number of carbonyl (C=O) groups is 2. The zero-order chi connectivity index (χ0) is 19.6. The van der Waals surface area contributed by atoms with Crippen LogP contribution in [0.3, 0.4) is 0 Å². The van der Waals surface area contributed by atoms with E-state index in [-0.39, 0.29) is 12.5 Å². The summed E-state index contributed by atoms with van der Waals surface area (Å²) in [6.07, 6.45) is 0. The molecule has 3 N–H and O–H groups in total. The quantitative estimate of drug-likeness (QED) is 0.724. The number of hydrogen-bond acceptors (Lipinski definition) is 4. The molecule has 2 aromatic carbocycles. The summed E-state index contributed by atoms with van der Waals surface area (Å²) in [5.41, 5.74) is 7.85. The van der Waals surface area contributed by atoms with E-state index in [1.165, 1.54) is 12.1 Å². The van der Waals surface area contributed by atoms with Crippen LogP contribution in [-0.2, 0) is 4.79 Å². The van der Waals surface area contributed by atoms with Gasteiger partial charge in [-0.2, -0.15) is 0 Å². The van der Waals surface area contributed by atoms with Gasteiger partial charge in [-0.15, -0.1) is 0 Å². The highest BCUT2D eigenvalue weighted by Crippen LogP contribution is 2.24. The number of anilines is 1. The molecule has 3 rings (SSSR count). The van der Waals surface area contributed by atoms with E-state index < -0.39 is 11.7 Å². The van der Waals surface area contributed by atoms with Crippen molar-refractivity contribution in [2.45, 2.75) is 13.8 Å². The molecule has 0 radical (unpaired) electrons. The fraction of sp³-hybridized carbons (Fsp3) is 0.150. The van der Waals surface area contributed by atoms with Gasteiger partial charge in [0.25, 0.3) is 11.8 Å². The summed E-state index contributed by atoms with van der Waals surface area (Å²) in [6, 6.07) is 10.8. The van der Waals surface area contributed by atoms with E-state index in [1.54, 1.807) is 44.2 Å². The van der Waals surface area contributed by atoms with E-state index in [0.29, 0.717) is 33.6 Å². The Balaban J connectivity index is 1.87. The Bertz CT molecular complexity index is 1040. The molecule has 138 valence electrons. The number of carbonyl (C=O) groups excluding carboxylic acids is 2. The second kappa shape index (κ2) is 7.41. The first-order valence-corrected chi connectivity index (χ1v) is 8.23. The zero-order valence-electron chi connectivity index (χ0n) is 14.9. The van der Waals surface area contributed by atoms with Crippen LogP contribution in [0.4, 0.5) is 10.1 Å². The highest BCUT2D eigenvalue weighted by molar-refractivity contribution is 6.12. The molecule has 27 heavy (non-hydrogen) atoms. The van der Waals surface area contributed by atoms with Gasteiger partial charge >= 0.3 is 0 Å². The maximum atomic E-state index is 13.5. The van der Waals surface area contributed by atoms with Crippen LogP contribution in [0.15, 0.2) is 42.5 Å². The van der Waals surface area contributed by atoms with Crippen LogP contribution in [0.2, 0.25) is 0 Å². The van der Waals surface area contributed by atoms with Crippen molar-refractivity contribution in [2.24, 2.45) is 5.73 Å². The Morgan fingerprint density at radius 3 is 2.63 bits per heavy atom. The van der Waals surface area contributed by atoms with Gasteiger partial charge in [0.05, 0.1) is 11.1 Å². The molecule has 1 aromatic heterocycles. The predicted molar refractivity (Wildman–Crippen MR) is 100 cm³/mol. The zero-order valence-corrected chi connectivity index (χ0v) is 14.9. The summed E-state index contributed by atoms with van der Waals surface area (Å²) in [6.45, 7) is 3.33. The number of benzene rings is 2. The molecular weight excluding hydrogens is 349 g/mol. The van der Waals surface area contributed by atoms with E-state index in [1.807, 2.05) is 0 Å². The SMILES string of the molecule is Cc1cc(C(=O)Nc2ccc(OCC(N)=O)cc2C)c2ccc(F)cc2n1. The van der Waals surface area contributed by atoms with Crippen molar-refractivity contribution in [1.29, 1.82) is 0 Å². The molecule has 0 fully saturated rings. The largest absolute Gasteiger partial charge is 0.484 e. The average molecular weight is 367 g/mol. The number of amides is 2. The average Bonchev–Trinajstić information content (AvgIpc) is 2.60. The molecule has 6 nitrogen and oxygen atoms in total. The number of nitrogens with one attached hydrogen (secondary N) is 1. The van der Waals surface area contributed by atoms with Crippen LogP contribution in [0.25, 0.3) is 10.9 Å². The van der Waals surface area contributed by atoms with E-state index in [9.17, 15) is 14.0 Å². The third kappa shape index (κ3) is 4.20. The van der Waals surface area contributed by atoms with Crippen LogP contribution < -0.4 is 15.8 Å². The van der Waals surface area contributed by atoms with Gasteiger partial charge in [-0.05, 0) is 55.8 Å². The normalized spacial score (nSPS) is 10.6. The molecule has 7 heteroatoms. The minimum Gasteiger partial charge on any atom is -0.484 e. The first kappa shape index (κ1) is 18.3. The van der Waals surface area contributed by atoms with Crippen LogP contribution >= 0.6 is 0 Å². The highest BCUT2D eigenvalue weighted by atomic mass is 19.1. The van der Waals surface area contributed by atoms with Gasteiger partial charge in [0, 0.05) is 22.8 Å². The van der Waals surface area contributed by atoms with Crippen molar-refractivity contribution in [3.8, 4) is 5.75 Å². The van der Waals surface area contributed by atoms with E-state index >= 15 is 0 Å². The molecule has 0 aliphatic heterocycles. The van der Waals surface area contributed by atoms with Crippen molar-refractivity contribution in [3.05, 3.63) is 65.1 Å². The molecule has 0 bridgehead atoms. The number of aryl methyl sites for hydroxylation is 2. The van der Waals surface area contributed by atoms with Crippen LogP contribution in [0.5, 0.6) is 5.75 Å². The third-order valence-corrected chi connectivity index (χ3v) is 3.97. The van der Waals surface area contributed by atoms with Crippen molar-refractivity contribution >= 4 is 28.4 Å². The minimum atomic E-state index is -0.568. The fourth-order valence-corrected chi connectivity index (χ4v) is 2.73. The van der Waals surface area contributed by atoms with Crippen LogP contribution in [-0.4, -0.2) is 23.4 Å². The molecule has 0 aliphatic rings. The third-order valence-electron chi connectivity index (χ3n) is 3.97. The number of halogens is 1. The lowest BCUT2D eigenvalue weighted by atomic mass is 10.1. The van der Waals surface area contributed by atoms with Crippen molar-refractivity contribution < 1.29 is 18.7 Å². The van der Waals surface area contributed by atoms with Crippen LogP contribution in [0.1, 0.15) is 21.6 Å². The Morgan fingerprint density at radius 2 is 1.93 bits per heavy atom. The summed E-state index contributed by atoms with van der Waals surface area (Å²) in [7, 11) is 0. The van der Waals surface area contributed by atoms with Gasteiger partial charge in [0.1, 0.15) is 11.6 Å². The maximum Gasteiger partial charge on any atom is 0.256 e. The topological polar surface area (TPSA) is 94.3 Å². The Morgan fingerprint density at radius 1 is 1.15 bits per heavy atom. The molecule has 3 aromatic rings. The summed E-state index contributed by atoms with van der Waals surface area (Å²) in [5, 5.41) is 3.41. The molecule has 2 amide bonds. The summed E-state index contributed by atoms with van der Waals surface area (Å²) in [5.74, 6) is -0.827. The lowest BCUT2D eigenvalue weighted by molar-refractivity contribution is -0.119. The molecule has 0 saturated carbocycles. The maximum absolute atomic E-state index is 13.5. The lowest BCUT2D eigenvalue weighted by Gasteiger charge is -2.12. The fourth-order valence-electron chi connectivity index (χ4n) is 2.73. The minimum absolute atomic E-state index is 0.218. The summed E-state index contributed by atoms with van der Waals surface area (Å²) < 4.78 is 18.7. The summed E-state index contributed by atoms with van der Waals surface area (Å²) >= 11 is 0. The molecular formula is C20H18FN3O3. The van der Waals surface area contributed by atoms with E-state index in [0.717, 1.165) is 5.56 Å². The number of hydrogen-bond donors (Lipinski definition) is 2. The molecule has 0 aliphatic carbocycles. The van der Waals surface area contributed by atoms with E-state index in [2.05, 4.69) is 10.3 Å². The highest BCUT2D eigenvalue weighted by Gasteiger charge is 2.14. The van der Waals surface area contributed by atoms with Crippen molar-refractivity contribution in [2.75, 3.05) is 11.9 Å². The standard InChI is InChI=1S/C20H18FN3O3/c1-11-7-14(27-10-19(22)25)4-6-17(11)24-20(26)16-8-12(2)23-18-9-13(21)3-5-15(16)18/h3-9H,10H2,1-2H3,(H2,22,25)(H,24,26). The molecule has 0 spiro atoms. The number of rotatable bonds is 5. The predicted octanol–water partition coefficient (Wildman–Crippen LogP) is 3.11. The number of nitrogens with zero attached hydrogens (tertiary/aromatic N) is 1. The molecule has 0 atom stereocenters. The van der Waals surface area contributed by atoms with Gasteiger partial charge in [0.15, 0.2) is 6.61 Å². The molecule has 0 saturated heterocycles. The second-order valence-electron chi connectivity index (χ2n) is 6.16. The van der Waals surface area contributed by atoms with Crippen LogP contribution in [0, 0.1) is 19.7 Å². The summed E-state index contributed by atoms with van der Waals surface area (Å²) in [4.78, 5) is 27.9. The van der Waals surface area contributed by atoms with Crippen molar-refractivity contribution in [3.63, 3.8) is 0 Å². The monoisotopic (exact) mass is 367 g/mol. The second-order valence-corrected chi connectivity index (χ2v) is 6.16. The van der Waals surface area contributed by atoms with Crippen molar-refractivity contribution in [1.82, 2.24) is 4.98 Å². The first-order valence-electron chi connectivity index (χ1n) is 8.23. The number of ether oxygens (including phenoxy) is 1. The number of pyridine rings is 1. The number of nitrogens with two attached hydrogens (primary N) is 1. The molecule has 1 heterocycles. The number of primary amides is 1. The number of fused-ring (bicyclic) bond motifs is 1. The Kier molecular flexibility index (Phi) is 5.03. The van der Waals surface area contributed by atoms with E-state index in [4.69, 9.17) is 10.5 Å².